The van der Waals surface area contributed by atoms with Crippen molar-refractivity contribution in [3.63, 3.8) is 0 Å². The molecular formula is C19H14FN5O2S. The van der Waals surface area contributed by atoms with E-state index in [0.717, 1.165) is 16.2 Å². The molecule has 28 heavy (non-hydrogen) atoms. The van der Waals surface area contributed by atoms with E-state index >= 15 is 0 Å². The predicted octanol–water partition coefficient (Wildman–Crippen LogP) is 4.21. The van der Waals surface area contributed by atoms with Gasteiger partial charge >= 0.3 is 0 Å². The zero-order chi connectivity index (χ0) is 19.5. The van der Waals surface area contributed by atoms with Gasteiger partial charge in [0.2, 0.25) is 0 Å². The topological polar surface area (TPSA) is 86.7 Å². The molecule has 9 heteroatoms. The van der Waals surface area contributed by atoms with E-state index in [2.05, 4.69) is 15.0 Å². The molecule has 2 aromatic heterocycles. The second-order valence-corrected chi connectivity index (χ2v) is 7.03. The highest BCUT2D eigenvalue weighted by Crippen LogP contribution is 2.27. The Hall–Kier alpha value is -3.33. The second-order valence-electron chi connectivity index (χ2n) is 6.06. The lowest BCUT2D eigenvalue weighted by molar-refractivity contribution is -0.384. The number of benzene rings is 2. The second kappa shape index (κ2) is 7.73. The highest BCUT2D eigenvalue weighted by Gasteiger charge is 2.12. The first-order chi connectivity index (χ1) is 13.6. The average Bonchev–Trinajstić information content (AvgIpc) is 3.12. The molecule has 4 rings (SSSR count). The minimum absolute atomic E-state index is 0.0673. The maximum atomic E-state index is 13.1. The van der Waals surface area contributed by atoms with Crippen LogP contribution in [0, 0.1) is 15.9 Å². The predicted molar refractivity (Wildman–Crippen MR) is 103 cm³/mol. The van der Waals surface area contributed by atoms with Crippen LogP contribution in [0.2, 0.25) is 0 Å². The van der Waals surface area contributed by atoms with Crippen LogP contribution >= 0.6 is 11.8 Å². The van der Waals surface area contributed by atoms with Crippen molar-refractivity contribution in [2.24, 2.45) is 0 Å². The summed E-state index contributed by atoms with van der Waals surface area (Å²) in [7, 11) is 0. The van der Waals surface area contributed by atoms with Gasteiger partial charge in [-0.25, -0.2) is 19.3 Å². The summed E-state index contributed by atoms with van der Waals surface area (Å²) in [5.74, 6) is 0.334. The monoisotopic (exact) mass is 395 g/mol. The van der Waals surface area contributed by atoms with Crippen LogP contribution in [-0.2, 0) is 12.3 Å². The van der Waals surface area contributed by atoms with Crippen LogP contribution < -0.4 is 0 Å². The Morgan fingerprint density at radius 3 is 2.43 bits per heavy atom. The molecule has 0 aliphatic heterocycles. The molecule has 0 aliphatic rings. The molecule has 7 nitrogen and oxygen atoms in total. The van der Waals surface area contributed by atoms with Crippen molar-refractivity contribution in [2.45, 2.75) is 17.3 Å². The van der Waals surface area contributed by atoms with Crippen LogP contribution in [0.5, 0.6) is 0 Å². The highest BCUT2D eigenvalue weighted by atomic mass is 32.2. The first-order valence-corrected chi connectivity index (χ1v) is 9.35. The van der Waals surface area contributed by atoms with Crippen molar-refractivity contribution in [3.8, 4) is 0 Å². The lowest BCUT2D eigenvalue weighted by Crippen LogP contribution is -1.99. The van der Waals surface area contributed by atoms with Gasteiger partial charge < -0.3 is 4.57 Å². The molecule has 2 aromatic carbocycles. The number of imidazole rings is 1. The van der Waals surface area contributed by atoms with Gasteiger partial charge in [-0.1, -0.05) is 36.0 Å². The zero-order valence-corrected chi connectivity index (χ0v) is 15.3. The fourth-order valence-electron chi connectivity index (χ4n) is 2.73. The third kappa shape index (κ3) is 3.84. The molecule has 0 atom stereocenters. The van der Waals surface area contributed by atoms with Gasteiger partial charge in [-0.15, -0.1) is 0 Å². The standard InChI is InChI=1S/C19H14FN5O2S/c20-15-5-1-13(2-6-15)9-24-12-23-17-18(24)21-11-22-19(17)28-10-14-3-7-16(8-4-14)25(26)27/h1-8,11-12H,9-10H2. The van der Waals surface area contributed by atoms with E-state index in [1.807, 2.05) is 4.57 Å². The highest BCUT2D eigenvalue weighted by molar-refractivity contribution is 7.98. The number of halogens is 1. The molecule has 0 radical (unpaired) electrons. The number of hydrogen-bond donors (Lipinski definition) is 0. The Bertz CT molecular complexity index is 1130. The number of hydrogen-bond acceptors (Lipinski definition) is 6. The first-order valence-electron chi connectivity index (χ1n) is 8.36. The van der Waals surface area contributed by atoms with Gasteiger partial charge in [-0.05, 0) is 23.3 Å². The smallest absolute Gasteiger partial charge is 0.269 e. The van der Waals surface area contributed by atoms with Gasteiger partial charge in [0.05, 0.1) is 17.8 Å². The van der Waals surface area contributed by atoms with Crippen LogP contribution in [-0.4, -0.2) is 24.4 Å². The number of non-ortho nitro benzene ring substituents is 1. The third-order valence-corrected chi connectivity index (χ3v) is 5.21. The van der Waals surface area contributed by atoms with E-state index in [9.17, 15) is 14.5 Å². The van der Waals surface area contributed by atoms with Crippen molar-refractivity contribution in [1.29, 1.82) is 0 Å². The zero-order valence-electron chi connectivity index (χ0n) is 14.5. The van der Waals surface area contributed by atoms with Crippen molar-refractivity contribution >= 4 is 28.6 Å². The van der Waals surface area contributed by atoms with Crippen LogP contribution in [0.25, 0.3) is 11.2 Å². The molecular weight excluding hydrogens is 381 g/mol. The number of aromatic nitrogens is 4. The molecule has 0 spiro atoms. The molecule has 0 unspecified atom stereocenters. The number of nitro benzene ring substituents is 1. The number of nitrogens with zero attached hydrogens (tertiary/aromatic N) is 5. The minimum atomic E-state index is -0.418. The van der Waals surface area contributed by atoms with Crippen LogP contribution in [0.1, 0.15) is 11.1 Å². The molecule has 0 saturated heterocycles. The van der Waals surface area contributed by atoms with Crippen LogP contribution in [0.3, 0.4) is 0 Å². The molecule has 0 bridgehead atoms. The largest absolute Gasteiger partial charge is 0.311 e. The van der Waals surface area contributed by atoms with Crippen LogP contribution in [0.15, 0.2) is 66.2 Å². The van der Waals surface area contributed by atoms with Crippen molar-refractivity contribution in [1.82, 2.24) is 19.5 Å². The molecule has 0 fully saturated rings. The molecule has 0 N–H and O–H groups in total. The lowest BCUT2D eigenvalue weighted by atomic mass is 10.2. The maximum Gasteiger partial charge on any atom is 0.269 e. The molecule has 0 saturated carbocycles. The number of nitro groups is 1. The van der Waals surface area contributed by atoms with Gasteiger partial charge in [0.15, 0.2) is 5.65 Å². The lowest BCUT2D eigenvalue weighted by Gasteiger charge is -2.05. The summed E-state index contributed by atoms with van der Waals surface area (Å²) >= 11 is 1.49. The SMILES string of the molecule is O=[N+]([O-])c1ccc(CSc2ncnc3c2ncn3Cc2ccc(F)cc2)cc1. The van der Waals surface area contributed by atoms with Crippen LogP contribution in [0.4, 0.5) is 10.1 Å². The average molecular weight is 395 g/mol. The van der Waals surface area contributed by atoms with Gasteiger partial charge in [0, 0.05) is 17.9 Å². The molecule has 0 aliphatic carbocycles. The first kappa shape index (κ1) is 18.1. The van der Waals surface area contributed by atoms with E-state index in [1.54, 1.807) is 30.6 Å². The Morgan fingerprint density at radius 1 is 1.00 bits per heavy atom. The fourth-order valence-corrected chi connectivity index (χ4v) is 3.63. The summed E-state index contributed by atoms with van der Waals surface area (Å²) in [4.78, 5) is 23.4. The van der Waals surface area contributed by atoms with Crippen molar-refractivity contribution < 1.29 is 9.31 Å². The Balaban J connectivity index is 1.52. The van der Waals surface area contributed by atoms with Crippen molar-refractivity contribution in [3.05, 3.63) is 88.2 Å². The summed E-state index contributed by atoms with van der Waals surface area (Å²) in [5.41, 5.74) is 3.35. The third-order valence-electron chi connectivity index (χ3n) is 4.16. The van der Waals surface area contributed by atoms with E-state index in [4.69, 9.17) is 0 Å². The van der Waals surface area contributed by atoms with E-state index in [-0.39, 0.29) is 11.5 Å². The summed E-state index contributed by atoms with van der Waals surface area (Å²) < 4.78 is 15.0. The quantitative estimate of drug-likeness (QED) is 0.210. The number of fused-ring (bicyclic) bond motifs is 1. The van der Waals surface area contributed by atoms with E-state index in [0.29, 0.717) is 23.5 Å². The van der Waals surface area contributed by atoms with Gasteiger partial charge in [-0.2, -0.15) is 0 Å². The molecule has 140 valence electrons. The minimum Gasteiger partial charge on any atom is -0.311 e. The Morgan fingerprint density at radius 2 is 1.71 bits per heavy atom. The van der Waals surface area contributed by atoms with E-state index in [1.165, 1.54) is 42.4 Å². The Kier molecular flexibility index (Phi) is 4.98. The molecule has 4 aromatic rings. The normalized spacial score (nSPS) is 11.0. The maximum absolute atomic E-state index is 13.1. The van der Waals surface area contributed by atoms with Gasteiger partial charge in [0.25, 0.3) is 5.69 Å². The number of rotatable bonds is 6. The summed E-state index contributed by atoms with van der Waals surface area (Å²) in [6.07, 6.45) is 3.18. The summed E-state index contributed by atoms with van der Waals surface area (Å²) in [6.45, 7) is 0.528. The van der Waals surface area contributed by atoms with E-state index < -0.39 is 4.92 Å². The van der Waals surface area contributed by atoms with Gasteiger partial charge in [-0.3, -0.25) is 10.1 Å². The Labute approximate surface area is 163 Å². The fraction of sp³-hybridized carbons (Fsp3) is 0.105. The van der Waals surface area contributed by atoms with Crippen molar-refractivity contribution in [2.75, 3.05) is 0 Å². The summed E-state index contributed by atoms with van der Waals surface area (Å²) in [6, 6.07) is 12.8. The molecule has 2 heterocycles. The summed E-state index contributed by atoms with van der Waals surface area (Å²) in [5, 5.41) is 11.5. The van der Waals surface area contributed by atoms with Gasteiger partial charge in [0.1, 0.15) is 22.7 Å². The number of thioether (sulfide) groups is 1. The molecule has 0 amide bonds.